The first-order chi connectivity index (χ1) is 14.4. The Morgan fingerprint density at radius 1 is 1.07 bits per heavy atom. The molecule has 0 bridgehead atoms. The van der Waals surface area contributed by atoms with Gasteiger partial charge in [-0.1, -0.05) is 25.1 Å². The first kappa shape index (κ1) is 21.5. The molecule has 0 saturated carbocycles. The van der Waals surface area contributed by atoms with Crippen molar-refractivity contribution in [2.45, 2.75) is 26.7 Å². The molecular weight excluding hydrogens is 390 g/mol. The fourth-order valence-corrected chi connectivity index (χ4v) is 3.54. The van der Waals surface area contributed by atoms with Gasteiger partial charge in [0.05, 0.1) is 6.61 Å². The van der Waals surface area contributed by atoms with E-state index in [1.165, 1.54) is 6.07 Å². The maximum atomic E-state index is 13.8. The Bertz CT molecular complexity index is 951. The number of anilines is 1. The summed E-state index contributed by atoms with van der Waals surface area (Å²) in [5, 5.41) is 2.53. The first-order valence-electron chi connectivity index (χ1n) is 9.93. The van der Waals surface area contributed by atoms with E-state index in [0.717, 1.165) is 35.3 Å². The van der Waals surface area contributed by atoms with Gasteiger partial charge in [-0.2, -0.15) is 0 Å². The van der Waals surface area contributed by atoms with E-state index < -0.39 is 23.1 Å². The number of amides is 2. The van der Waals surface area contributed by atoms with Crippen LogP contribution in [0.3, 0.4) is 0 Å². The lowest BCUT2D eigenvalue weighted by Gasteiger charge is -2.30. The Balaban J connectivity index is 1.75. The molecule has 0 spiro atoms. The molecule has 0 radical (unpaired) electrons. The quantitative estimate of drug-likeness (QED) is 0.728. The molecular formula is C23H24F2N2O3. The van der Waals surface area contributed by atoms with Crippen LogP contribution in [0.1, 0.15) is 42.6 Å². The lowest BCUT2D eigenvalue weighted by atomic mass is 9.92. The third kappa shape index (κ3) is 4.67. The van der Waals surface area contributed by atoms with Crippen molar-refractivity contribution in [1.82, 2.24) is 4.90 Å². The molecule has 2 aromatic carbocycles. The number of halogens is 2. The molecule has 158 valence electrons. The molecule has 0 aliphatic carbocycles. The number of rotatable bonds is 5. The second-order valence-electron chi connectivity index (χ2n) is 6.93. The molecule has 1 aliphatic rings. The van der Waals surface area contributed by atoms with Gasteiger partial charge in [-0.25, -0.2) is 13.6 Å². The normalized spacial score (nSPS) is 13.9. The summed E-state index contributed by atoms with van der Waals surface area (Å²) in [5.74, 6) is -2.65. The van der Waals surface area contributed by atoms with Crippen molar-refractivity contribution in [3.05, 3.63) is 70.8 Å². The van der Waals surface area contributed by atoms with Gasteiger partial charge in [0.2, 0.25) is 0 Å². The third-order valence-electron chi connectivity index (χ3n) is 5.07. The van der Waals surface area contributed by atoms with Crippen molar-refractivity contribution < 1.29 is 23.1 Å². The summed E-state index contributed by atoms with van der Waals surface area (Å²) in [7, 11) is 0. The molecule has 0 atom stereocenters. The SMILES string of the molecule is CCOC(=O)N1CCC(c2ccc(NC(=O)c3c(F)cccc3F)cc2)=C(CC)C1. The summed E-state index contributed by atoms with van der Waals surface area (Å²) in [5.41, 5.74) is 3.14. The number of ether oxygens (including phenoxy) is 1. The Labute approximate surface area is 174 Å². The lowest BCUT2D eigenvalue weighted by Crippen LogP contribution is -2.37. The van der Waals surface area contributed by atoms with Crippen molar-refractivity contribution in [3.8, 4) is 0 Å². The third-order valence-corrected chi connectivity index (χ3v) is 5.07. The standard InChI is InChI=1S/C23H24F2N2O3/c1-3-15-14-27(23(29)30-4-2)13-12-18(15)16-8-10-17(11-9-16)26-22(28)21-19(24)6-5-7-20(21)25/h5-11H,3-4,12-14H2,1-2H3,(H,26,28). The molecule has 2 amide bonds. The van der Waals surface area contributed by atoms with Crippen LogP contribution in [0.25, 0.3) is 5.57 Å². The van der Waals surface area contributed by atoms with Gasteiger partial charge in [0.15, 0.2) is 0 Å². The number of benzene rings is 2. The summed E-state index contributed by atoms with van der Waals surface area (Å²) < 4.78 is 32.7. The van der Waals surface area contributed by atoms with E-state index in [0.29, 0.717) is 31.8 Å². The van der Waals surface area contributed by atoms with Gasteiger partial charge in [-0.05, 0) is 60.7 Å². The molecule has 2 aromatic rings. The number of carbonyl (C=O) groups is 2. The molecule has 0 aromatic heterocycles. The van der Waals surface area contributed by atoms with E-state index in [1.807, 2.05) is 19.1 Å². The van der Waals surface area contributed by atoms with Gasteiger partial charge in [-0.3, -0.25) is 4.79 Å². The van der Waals surface area contributed by atoms with E-state index in [-0.39, 0.29) is 6.09 Å². The summed E-state index contributed by atoms with van der Waals surface area (Å²) >= 11 is 0. The van der Waals surface area contributed by atoms with E-state index in [4.69, 9.17) is 4.74 Å². The van der Waals surface area contributed by atoms with E-state index in [2.05, 4.69) is 5.32 Å². The minimum absolute atomic E-state index is 0.305. The summed E-state index contributed by atoms with van der Waals surface area (Å²) in [6, 6.07) is 10.4. The van der Waals surface area contributed by atoms with Crippen molar-refractivity contribution in [1.29, 1.82) is 0 Å². The van der Waals surface area contributed by atoms with Crippen LogP contribution in [0.4, 0.5) is 19.3 Å². The van der Waals surface area contributed by atoms with Gasteiger partial charge >= 0.3 is 6.09 Å². The van der Waals surface area contributed by atoms with Gasteiger partial charge < -0.3 is 15.0 Å². The molecule has 1 heterocycles. The van der Waals surface area contributed by atoms with Crippen LogP contribution < -0.4 is 5.32 Å². The largest absolute Gasteiger partial charge is 0.450 e. The smallest absolute Gasteiger partial charge is 0.410 e. The molecule has 1 N–H and O–H groups in total. The molecule has 7 heteroatoms. The van der Waals surface area contributed by atoms with Gasteiger partial charge in [-0.15, -0.1) is 0 Å². The number of hydrogen-bond donors (Lipinski definition) is 1. The minimum atomic E-state index is -0.907. The summed E-state index contributed by atoms with van der Waals surface area (Å²) in [4.78, 5) is 25.9. The number of nitrogens with zero attached hydrogens (tertiary/aromatic N) is 1. The maximum absolute atomic E-state index is 13.8. The molecule has 0 fully saturated rings. The van der Waals surface area contributed by atoms with Crippen LogP contribution in [0.2, 0.25) is 0 Å². The van der Waals surface area contributed by atoms with Crippen LogP contribution in [-0.2, 0) is 4.74 Å². The van der Waals surface area contributed by atoms with Crippen LogP contribution in [0.5, 0.6) is 0 Å². The Morgan fingerprint density at radius 2 is 1.73 bits per heavy atom. The highest BCUT2D eigenvalue weighted by atomic mass is 19.1. The zero-order valence-corrected chi connectivity index (χ0v) is 17.0. The van der Waals surface area contributed by atoms with E-state index in [1.54, 1.807) is 24.0 Å². The molecule has 3 rings (SSSR count). The molecule has 1 aliphatic heterocycles. The Hall–Kier alpha value is -3.22. The van der Waals surface area contributed by atoms with Crippen LogP contribution >= 0.6 is 0 Å². The summed E-state index contributed by atoms with van der Waals surface area (Å²) in [6.07, 6.45) is 1.20. The summed E-state index contributed by atoms with van der Waals surface area (Å²) in [6.45, 7) is 5.27. The van der Waals surface area contributed by atoms with Gasteiger partial charge in [0.25, 0.3) is 5.91 Å². The number of hydrogen-bond acceptors (Lipinski definition) is 3. The highest BCUT2D eigenvalue weighted by molar-refractivity contribution is 6.04. The highest BCUT2D eigenvalue weighted by Crippen LogP contribution is 2.30. The minimum Gasteiger partial charge on any atom is -0.450 e. The molecule has 0 unspecified atom stereocenters. The van der Waals surface area contributed by atoms with Gasteiger partial charge in [0.1, 0.15) is 17.2 Å². The van der Waals surface area contributed by atoms with Crippen LogP contribution in [0, 0.1) is 11.6 Å². The highest BCUT2D eigenvalue weighted by Gasteiger charge is 2.23. The number of nitrogens with one attached hydrogen (secondary N) is 1. The lowest BCUT2D eigenvalue weighted by molar-refractivity contribution is 0.101. The fraction of sp³-hybridized carbons (Fsp3) is 0.304. The van der Waals surface area contributed by atoms with Crippen LogP contribution in [0.15, 0.2) is 48.0 Å². The van der Waals surface area contributed by atoms with Crippen molar-refractivity contribution in [3.63, 3.8) is 0 Å². The van der Waals surface area contributed by atoms with E-state index in [9.17, 15) is 18.4 Å². The van der Waals surface area contributed by atoms with Crippen LogP contribution in [-0.4, -0.2) is 36.6 Å². The zero-order valence-electron chi connectivity index (χ0n) is 17.0. The fourth-order valence-electron chi connectivity index (χ4n) is 3.54. The monoisotopic (exact) mass is 414 g/mol. The van der Waals surface area contributed by atoms with Gasteiger partial charge in [0, 0.05) is 18.8 Å². The number of carbonyl (C=O) groups excluding carboxylic acids is 2. The average molecular weight is 414 g/mol. The molecule has 30 heavy (non-hydrogen) atoms. The second-order valence-corrected chi connectivity index (χ2v) is 6.93. The Morgan fingerprint density at radius 3 is 2.33 bits per heavy atom. The zero-order chi connectivity index (χ0) is 21.7. The van der Waals surface area contributed by atoms with E-state index >= 15 is 0 Å². The second kappa shape index (κ2) is 9.52. The Kier molecular flexibility index (Phi) is 6.82. The maximum Gasteiger partial charge on any atom is 0.410 e. The van der Waals surface area contributed by atoms with Crippen molar-refractivity contribution in [2.24, 2.45) is 0 Å². The first-order valence-corrected chi connectivity index (χ1v) is 9.93. The predicted octanol–water partition coefficient (Wildman–Crippen LogP) is 5.24. The predicted molar refractivity (Wildman–Crippen MR) is 111 cm³/mol. The molecule has 0 saturated heterocycles. The van der Waals surface area contributed by atoms with Crippen molar-refractivity contribution >= 4 is 23.3 Å². The topological polar surface area (TPSA) is 58.6 Å². The average Bonchev–Trinajstić information content (AvgIpc) is 2.74. The molecule has 5 nitrogen and oxygen atoms in total. The van der Waals surface area contributed by atoms with Crippen molar-refractivity contribution in [2.75, 3.05) is 25.0 Å².